The van der Waals surface area contributed by atoms with Crippen LogP contribution in [0.5, 0.6) is 0 Å². The molecule has 38 heavy (non-hydrogen) atoms. The molecule has 4 N–H and O–H groups in total. The summed E-state index contributed by atoms with van der Waals surface area (Å²) >= 11 is 0. The molecule has 1 saturated heterocycles. The molecule has 5 fully saturated rings. The number of nitrogens with zero attached hydrogens (tertiary/aromatic N) is 4. The zero-order valence-corrected chi connectivity index (χ0v) is 22.8. The second-order valence-electron chi connectivity index (χ2n) is 12.1. The van der Waals surface area contributed by atoms with E-state index in [9.17, 15) is 19.2 Å². The van der Waals surface area contributed by atoms with Crippen molar-refractivity contribution in [2.24, 2.45) is 28.6 Å². The average Bonchev–Trinajstić information content (AvgIpc) is 3.06. The van der Waals surface area contributed by atoms with Crippen molar-refractivity contribution in [3.8, 4) is 0 Å². The lowest BCUT2D eigenvalue weighted by atomic mass is 9.76. The average molecular weight is 541 g/mol. The van der Waals surface area contributed by atoms with Gasteiger partial charge in [0.05, 0.1) is 26.2 Å². The maximum Gasteiger partial charge on any atom is 0.317 e. The van der Waals surface area contributed by atoms with E-state index >= 15 is 0 Å². The zero-order chi connectivity index (χ0) is 28.3. The van der Waals surface area contributed by atoms with Crippen LogP contribution in [0.2, 0.25) is 0 Å². The van der Waals surface area contributed by atoms with Gasteiger partial charge in [-0.1, -0.05) is 20.8 Å². The third kappa shape index (κ3) is 7.22. The SMILES string of the molecule is CC1(C)C2CC3C(C2)C31C.O=C(O)CN1CCN(CC(=O)O)CCN(CC(=O)O)CCN(CC(=O)O)CC1. The monoisotopic (exact) mass is 540 g/mol. The first-order valence-electron chi connectivity index (χ1n) is 13.5. The highest BCUT2D eigenvalue weighted by Crippen LogP contribution is 2.85. The third-order valence-electron chi connectivity index (χ3n) is 9.77. The highest BCUT2D eigenvalue weighted by Gasteiger charge is 2.79. The summed E-state index contributed by atoms with van der Waals surface area (Å²) in [7, 11) is 0. The predicted molar refractivity (Wildman–Crippen MR) is 138 cm³/mol. The second-order valence-corrected chi connectivity index (χ2v) is 12.1. The van der Waals surface area contributed by atoms with E-state index in [-0.39, 0.29) is 26.2 Å². The molecule has 0 amide bonds. The molecule has 0 radical (unpaired) electrons. The van der Waals surface area contributed by atoms with Crippen LogP contribution in [0.4, 0.5) is 0 Å². The summed E-state index contributed by atoms with van der Waals surface area (Å²) in [5.74, 6) is -0.695. The molecule has 4 bridgehead atoms. The van der Waals surface area contributed by atoms with Crippen molar-refractivity contribution in [2.45, 2.75) is 33.6 Å². The Morgan fingerprint density at radius 3 is 0.895 bits per heavy atom. The summed E-state index contributed by atoms with van der Waals surface area (Å²) < 4.78 is 0. The molecule has 12 heteroatoms. The molecule has 5 rings (SSSR count). The zero-order valence-electron chi connectivity index (χ0n) is 22.8. The number of carboxylic acid groups (broad SMARTS) is 4. The molecule has 12 nitrogen and oxygen atoms in total. The molecule has 0 aromatic carbocycles. The largest absolute Gasteiger partial charge is 0.480 e. The van der Waals surface area contributed by atoms with E-state index in [1.165, 1.54) is 0 Å². The van der Waals surface area contributed by atoms with Crippen molar-refractivity contribution in [3.05, 3.63) is 0 Å². The number of aliphatic carboxylic acids is 4. The van der Waals surface area contributed by atoms with Gasteiger partial charge in [0.15, 0.2) is 0 Å². The van der Waals surface area contributed by atoms with Crippen molar-refractivity contribution >= 4 is 23.9 Å². The van der Waals surface area contributed by atoms with Gasteiger partial charge in [-0.15, -0.1) is 0 Å². The number of hydrogen-bond acceptors (Lipinski definition) is 8. The minimum absolute atomic E-state index is 0.229. The Balaban J connectivity index is 0.000000323. The minimum atomic E-state index is -1.02. The minimum Gasteiger partial charge on any atom is -0.480 e. The van der Waals surface area contributed by atoms with Gasteiger partial charge in [0.25, 0.3) is 0 Å². The first-order chi connectivity index (χ1) is 17.7. The van der Waals surface area contributed by atoms with Gasteiger partial charge in [-0.25, -0.2) is 0 Å². The standard InChI is InChI=1S/C16H28N4O8.C10H16/c21-13(22)9-17-1-2-18(10-14(23)24)5-6-20(12-16(27)28)8-7-19(4-3-17)11-15(25)26;1-9(2)6-4-7-8(5-6)10(7,9)3/h1-12H2,(H,21,22)(H,23,24)(H,25,26)(H,27,28);6-8H,4-5H2,1-3H3. The van der Waals surface area contributed by atoms with Crippen LogP contribution < -0.4 is 0 Å². The lowest BCUT2D eigenvalue weighted by molar-refractivity contribution is -0.141. The fourth-order valence-electron chi connectivity index (χ4n) is 7.19. The molecule has 216 valence electrons. The van der Waals surface area contributed by atoms with Crippen LogP contribution in [0.25, 0.3) is 0 Å². The lowest BCUT2D eigenvalue weighted by Crippen LogP contribution is -2.49. The van der Waals surface area contributed by atoms with Crippen LogP contribution in [-0.2, 0) is 19.2 Å². The van der Waals surface area contributed by atoms with Crippen LogP contribution in [0.3, 0.4) is 0 Å². The lowest BCUT2D eigenvalue weighted by Gasteiger charge is -2.32. The summed E-state index contributed by atoms with van der Waals surface area (Å²) in [6, 6.07) is 0. The summed E-state index contributed by atoms with van der Waals surface area (Å²) in [5, 5.41) is 36.3. The van der Waals surface area contributed by atoms with Crippen LogP contribution in [-0.4, -0.2) is 142 Å². The van der Waals surface area contributed by atoms with Crippen LogP contribution in [0.15, 0.2) is 0 Å². The number of rotatable bonds is 8. The summed E-state index contributed by atoms with van der Waals surface area (Å²) in [6.45, 7) is 9.03. The van der Waals surface area contributed by atoms with E-state index in [4.69, 9.17) is 20.4 Å². The highest BCUT2D eigenvalue weighted by atomic mass is 16.4. The van der Waals surface area contributed by atoms with Crippen molar-refractivity contribution in [1.29, 1.82) is 0 Å². The first kappa shape index (κ1) is 30.3. The normalized spacial score (nSPS) is 31.9. The van der Waals surface area contributed by atoms with Crippen LogP contribution >= 0.6 is 0 Å². The van der Waals surface area contributed by atoms with Gasteiger partial charge in [0, 0.05) is 52.4 Å². The molecule has 5 aliphatic rings. The molecule has 0 spiro atoms. The Kier molecular flexibility index (Phi) is 9.77. The van der Waals surface area contributed by atoms with Crippen LogP contribution in [0.1, 0.15) is 33.6 Å². The molecule has 4 saturated carbocycles. The van der Waals surface area contributed by atoms with Gasteiger partial charge in [-0.3, -0.25) is 38.8 Å². The molecule has 1 heterocycles. The Morgan fingerprint density at radius 1 is 0.553 bits per heavy atom. The van der Waals surface area contributed by atoms with Crippen molar-refractivity contribution in [1.82, 2.24) is 19.6 Å². The van der Waals surface area contributed by atoms with Gasteiger partial charge >= 0.3 is 23.9 Å². The van der Waals surface area contributed by atoms with Gasteiger partial charge in [0.2, 0.25) is 0 Å². The quantitative estimate of drug-likeness (QED) is 0.332. The fraction of sp³-hybridized carbons (Fsp3) is 0.846. The van der Waals surface area contributed by atoms with Crippen molar-refractivity contribution < 1.29 is 39.6 Å². The fourth-order valence-corrected chi connectivity index (χ4v) is 7.19. The van der Waals surface area contributed by atoms with E-state index in [2.05, 4.69) is 20.8 Å². The van der Waals surface area contributed by atoms with E-state index < -0.39 is 23.9 Å². The molecule has 2 atom stereocenters. The Hall–Kier alpha value is -2.28. The first-order valence-corrected chi connectivity index (χ1v) is 13.5. The van der Waals surface area contributed by atoms with E-state index in [0.717, 1.165) is 23.2 Å². The van der Waals surface area contributed by atoms with E-state index in [0.29, 0.717) is 57.8 Å². The highest BCUT2D eigenvalue weighted by molar-refractivity contribution is 5.70. The maximum absolute atomic E-state index is 11.1. The number of hydrogen-bond donors (Lipinski definition) is 4. The van der Waals surface area contributed by atoms with Gasteiger partial charge in [0.1, 0.15) is 0 Å². The predicted octanol–water partition coefficient (Wildman–Crippen LogP) is 0.235. The van der Waals surface area contributed by atoms with Crippen LogP contribution in [0, 0.1) is 28.6 Å². The molecule has 1 aliphatic heterocycles. The van der Waals surface area contributed by atoms with E-state index in [1.54, 1.807) is 32.4 Å². The van der Waals surface area contributed by atoms with E-state index in [1.807, 2.05) is 0 Å². The second kappa shape index (κ2) is 12.3. The van der Waals surface area contributed by atoms with Crippen molar-refractivity contribution in [3.63, 3.8) is 0 Å². The molecule has 4 aliphatic carbocycles. The Bertz CT molecular complexity index is 770. The third-order valence-corrected chi connectivity index (χ3v) is 9.77. The Morgan fingerprint density at radius 2 is 0.789 bits per heavy atom. The van der Waals surface area contributed by atoms with Crippen molar-refractivity contribution in [2.75, 3.05) is 78.5 Å². The molecule has 0 aromatic rings. The molecular formula is C26H44N4O8. The van der Waals surface area contributed by atoms with Gasteiger partial charge in [-0.05, 0) is 41.4 Å². The van der Waals surface area contributed by atoms with Gasteiger partial charge < -0.3 is 20.4 Å². The summed E-state index contributed by atoms with van der Waals surface area (Å²) in [5.41, 5.74) is 1.49. The molecule has 2 unspecified atom stereocenters. The topological polar surface area (TPSA) is 162 Å². The summed E-state index contributed by atoms with van der Waals surface area (Å²) in [6.07, 6.45) is 3.13. The molecule has 0 aromatic heterocycles. The smallest absolute Gasteiger partial charge is 0.317 e. The number of carbonyl (C=O) groups is 4. The maximum atomic E-state index is 11.1. The number of carboxylic acids is 4. The summed E-state index contributed by atoms with van der Waals surface area (Å²) in [4.78, 5) is 50.9. The molecular weight excluding hydrogens is 496 g/mol. The Labute approximate surface area is 224 Å². The van der Waals surface area contributed by atoms with Gasteiger partial charge in [-0.2, -0.15) is 0 Å².